The SMILES string of the molecule is CNC(C)=C(C)OC. The summed E-state index contributed by atoms with van der Waals surface area (Å²) in [5, 5.41) is 2.97. The molecule has 0 rings (SSSR count). The Labute approximate surface area is 50.5 Å². The van der Waals surface area contributed by atoms with E-state index in [1.165, 1.54) is 0 Å². The van der Waals surface area contributed by atoms with Crippen molar-refractivity contribution < 1.29 is 4.74 Å². The molecule has 0 heterocycles. The Morgan fingerprint density at radius 3 is 2.00 bits per heavy atom. The van der Waals surface area contributed by atoms with Crippen molar-refractivity contribution in [2.24, 2.45) is 0 Å². The fourth-order valence-electron chi connectivity index (χ4n) is 0.329. The molecule has 0 unspecified atom stereocenters. The molecule has 0 aliphatic carbocycles. The van der Waals surface area contributed by atoms with Crippen LogP contribution in [0.15, 0.2) is 11.5 Å². The third-order valence-electron chi connectivity index (χ3n) is 1.21. The van der Waals surface area contributed by atoms with Gasteiger partial charge in [-0.15, -0.1) is 0 Å². The van der Waals surface area contributed by atoms with Crippen LogP contribution in [0.2, 0.25) is 0 Å². The normalized spacial score (nSPS) is 12.5. The first-order valence-electron chi connectivity index (χ1n) is 2.61. The molecule has 0 aromatic rings. The van der Waals surface area contributed by atoms with E-state index in [0.717, 1.165) is 11.5 Å². The van der Waals surface area contributed by atoms with Crippen LogP contribution in [-0.4, -0.2) is 14.2 Å². The van der Waals surface area contributed by atoms with E-state index in [0.29, 0.717) is 0 Å². The average molecular weight is 115 g/mol. The van der Waals surface area contributed by atoms with Crippen molar-refractivity contribution in [1.82, 2.24) is 5.32 Å². The van der Waals surface area contributed by atoms with Crippen LogP contribution in [0.3, 0.4) is 0 Å². The lowest BCUT2D eigenvalue weighted by atomic mass is 10.4. The fourth-order valence-corrected chi connectivity index (χ4v) is 0.329. The number of methoxy groups -OCH3 is 1. The van der Waals surface area contributed by atoms with Crippen LogP contribution in [0.25, 0.3) is 0 Å². The van der Waals surface area contributed by atoms with E-state index >= 15 is 0 Å². The fraction of sp³-hybridized carbons (Fsp3) is 0.667. The molecule has 0 saturated heterocycles. The van der Waals surface area contributed by atoms with E-state index in [2.05, 4.69) is 5.32 Å². The molecular formula is C6H13NO. The first-order chi connectivity index (χ1) is 3.72. The van der Waals surface area contributed by atoms with E-state index in [-0.39, 0.29) is 0 Å². The summed E-state index contributed by atoms with van der Waals surface area (Å²) in [4.78, 5) is 0. The second-order valence-electron chi connectivity index (χ2n) is 1.64. The first-order valence-corrected chi connectivity index (χ1v) is 2.61. The summed E-state index contributed by atoms with van der Waals surface area (Å²) < 4.78 is 4.92. The lowest BCUT2D eigenvalue weighted by Gasteiger charge is -2.03. The average Bonchev–Trinajstić information content (AvgIpc) is 1.84. The molecule has 0 amide bonds. The van der Waals surface area contributed by atoms with Gasteiger partial charge in [0, 0.05) is 12.7 Å². The molecule has 0 fully saturated rings. The van der Waals surface area contributed by atoms with Gasteiger partial charge in [0.2, 0.25) is 0 Å². The van der Waals surface area contributed by atoms with Crippen LogP contribution >= 0.6 is 0 Å². The summed E-state index contributed by atoms with van der Waals surface area (Å²) in [6, 6.07) is 0. The van der Waals surface area contributed by atoms with Gasteiger partial charge >= 0.3 is 0 Å². The third kappa shape index (κ3) is 1.87. The van der Waals surface area contributed by atoms with Crippen molar-refractivity contribution in [2.75, 3.05) is 14.2 Å². The Hall–Kier alpha value is -0.660. The number of allylic oxidation sites excluding steroid dienone is 2. The Kier molecular flexibility index (Phi) is 3.08. The first kappa shape index (κ1) is 7.34. The van der Waals surface area contributed by atoms with Crippen LogP contribution in [-0.2, 0) is 4.74 Å². The highest BCUT2D eigenvalue weighted by molar-refractivity contribution is 4.99. The number of ether oxygens (including phenoxy) is 1. The highest BCUT2D eigenvalue weighted by Gasteiger charge is 1.88. The van der Waals surface area contributed by atoms with Crippen LogP contribution in [0.5, 0.6) is 0 Å². The molecule has 0 saturated carbocycles. The van der Waals surface area contributed by atoms with E-state index < -0.39 is 0 Å². The van der Waals surface area contributed by atoms with E-state index in [1.54, 1.807) is 7.11 Å². The van der Waals surface area contributed by atoms with Crippen molar-refractivity contribution in [3.8, 4) is 0 Å². The summed E-state index contributed by atoms with van der Waals surface area (Å²) in [7, 11) is 3.54. The number of hydrogen-bond acceptors (Lipinski definition) is 2. The van der Waals surface area contributed by atoms with Crippen molar-refractivity contribution in [2.45, 2.75) is 13.8 Å². The molecule has 0 atom stereocenters. The van der Waals surface area contributed by atoms with Crippen molar-refractivity contribution in [3.63, 3.8) is 0 Å². The number of hydrogen-bond donors (Lipinski definition) is 1. The molecule has 2 heteroatoms. The third-order valence-corrected chi connectivity index (χ3v) is 1.21. The highest BCUT2D eigenvalue weighted by atomic mass is 16.5. The van der Waals surface area contributed by atoms with Gasteiger partial charge in [0.05, 0.1) is 7.11 Å². The monoisotopic (exact) mass is 115 g/mol. The summed E-state index contributed by atoms with van der Waals surface area (Å²) in [5.74, 6) is 0.938. The minimum Gasteiger partial charge on any atom is -0.500 e. The van der Waals surface area contributed by atoms with Gasteiger partial charge in [-0.1, -0.05) is 0 Å². The van der Waals surface area contributed by atoms with E-state index in [1.807, 2.05) is 20.9 Å². The van der Waals surface area contributed by atoms with Gasteiger partial charge in [-0.2, -0.15) is 0 Å². The van der Waals surface area contributed by atoms with Gasteiger partial charge in [-0.05, 0) is 13.8 Å². The lowest BCUT2D eigenvalue weighted by molar-refractivity contribution is 0.286. The van der Waals surface area contributed by atoms with Crippen LogP contribution < -0.4 is 5.32 Å². The lowest BCUT2D eigenvalue weighted by Crippen LogP contribution is -2.04. The van der Waals surface area contributed by atoms with Crippen LogP contribution in [0.4, 0.5) is 0 Å². The zero-order valence-corrected chi connectivity index (χ0v) is 5.91. The smallest absolute Gasteiger partial charge is 0.111 e. The zero-order chi connectivity index (χ0) is 6.57. The Bertz CT molecular complexity index is 84.7. The molecular weight excluding hydrogens is 102 g/mol. The van der Waals surface area contributed by atoms with Gasteiger partial charge < -0.3 is 10.1 Å². The van der Waals surface area contributed by atoms with Crippen LogP contribution in [0.1, 0.15) is 13.8 Å². The van der Waals surface area contributed by atoms with Crippen molar-refractivity contribution in [1.29, 1.82) is 0 Å². The van der Waals surface area contributed by atoms with Crippen LogP contribution in [0, 0.1) is 0 Å². The molecule has 0 aromatic carbocycles. The molecule has 0 spiro atoms. The maximum absolute atomic E-state index is 4.92. The molecule has 1 N–H and O–H groups in total. The molecule has 0 aromatic heterocycles. The molecule has 48 valence electrons. The maximum atomic E-state index is 4.92. The predicted octanol–water partition coefficient (Wildman–Crippen LogP) is 1.10. The standard InChI is InChI=1S/C6H13NO/c1-5(7-3)6(2)8-4/h7H,1-4H3. The molecule has 0 radical (unpaired) electrons. The van der Waals surface area contributed by atoms with Gasteiger partial charge in [0.1, 0.15) is 5.76 Å². The maximum Gasteiger partial charge on any atom is 0.111 e. The van der Waals surface area contributed by atoms with E-state index in [4.69, 9.17) is 4.74 Å². The highest BCUT2D eigenvalue weighted by Crippen LogP contribution is 1.97. The number of nitrogens with one attached hydrogen (secondary N) is 1. The van der Waals surface area contributed by atoms with Gasteiger partial charge in [-0.25, -0.2) is 0 Å². The number of rotatable bonds is 2. The van der Waals surface area contributed by atoms with Gasteiger partial charge in [0.25, 0.3) is 0 Å². The Morgan fingerprint density at radius 1 is 1.38 bits per heavy atom. The molecule has 8 heavy (non-hydrogen) atoms. The minimum atomic E-state index is 0.938. The molecule has 0 bridgehead atoms. The summed E-state index contributed by atoms with van der Waals surface area (Å²) in [6.07, 6.45) is 0. The zero-order valence-electron chi connectivity index (χ0n) is 5.91. The quantitative estimate of drug-likeness (QED) is 0.544. The summed E-state index contributed by atoms with van der Waals surface area (Å²) in [6.45, 7) is 3.89. The topological polar surface area (TPSA) is 21.3 Å². The Morgan fingerprint density at radius 2 is 1.88 bits per heavy atom. The second-order valence-corrected chi connectivity index (χ2v) is 1.64. The predicted molar refractivity (Wildman–Crippen MR) is 34.4 cm³/mol. The van der Waals surface area contributed by atoms with Crippen molar-refractivity contribution >= 4 is 0 Å². The molecule has 2 nitrogen and oxygen atoms in total. The largest absolute Gasteiger partial charge is 0.500 e. The second kappa shape index (κ2) is 3.36. The van der Waals surface area contributed by atoms with Gasteiger partial charge in [-0.3, -0.25) is 0 Å². The Balaban J connectivity index is 3.83. The van der Waals surface area contributed by atoms with Crippen molar-refractivity contribution in [3.05, 3.63) is 11.5 Å². The van der Waals surface area contributed by atoms with Gasteiger partial charge in [0.15, 0.2) is 0 Å². The van der Waals surface area contributed by atoms with E-state index in [9.17, 15) is 0 Å². The minimum absolute atomic E-state index is 0.938. The summed E-state index contributed by atoms with van der Waals surface area (Å²) in [5.41, 5.74) is 1.08. The molecule has 0 aliphatic rings. The molecule has 0 aliphatic heterocycles. The summed E-state index contributed by atoms with van der Waals surface area (Å²) >= 11 is 0.